The molecule has 4 rings (SSSR count). The monoisotopic (exact) mass is 1420 g/mol. The van der Waals surface area contributed by atoms with E-state index >= 15 is 28.8 Å². The van der Waals surface area contributed by atoms with Gasteiger partial charge in [0.05, 0.1) is 19.1 Å². The molecule has 0 unspecified atom stereocenters. The van der Waals surface area contributed by atoms with Gasteiger partial charge in [0.1, 0.15) is 60.4 Å². The van der Waals surface area contributed by atoms with Crippen molar-refractivity contribution in [3.63, 3.8) is 0 Å². The predicted molar refractivity (Wildman–Crippen MR) is 380 cm³/mol. The summed E-state index contributed by atoms with van der Waals surface area (Å²) in [6.45, 7) is 18.8. The van der Waals surface area contributed by atoms with Crippen LogP contribution in [0.2, 0.25) is 0 Å². The molecule has 6 N–H and O–H groups in total. The fraction of sp³-hybridized carbons (Fsp3) is 0.676. The van der Waals surface area contributed by atoms with Crippen LogP contribution in [0.3, 0.4) is 0 Å². The molecule has 0 aliphatic carbocycles. The Balaban J connectivity index is 1.98. The van der Waals surface area contributed by atoms with Crippen LogP contribution < -0.4 is 26.6 Å². The second-order valence-corrected chi connectivity index (χ2v) is 29.5. The summed E-state index contributed by atoms with van der Waals surface area (Å²) in [4.78, 5) is 188. The second-order valence-electron chi connectivity index (χ2n) is 29.5. The zero-order valence-corrected chi connectivity index (χ0v) is 62.6. The minimum Gasteiger partial charge on any atom is -0.391 e. The Labute approximate surface area is 596 Å². The van der Waals surface area contributed by atoms with E-state index in [4.69, 9.17) is 0 Å². The molecule has 2 heterocycles. The number of aliphatic hydroxyl groups excluding tert-OH is 1. The van der Waals surface area contributed by atoms with Crippen molar-refractivity contribution >= 4 is 70.9 Å². The van der Waals surface area contributed by atoms with Gasteiger partial charge in [-0.3, -0.25) is 57.5 Å². The van der Waals surface area contributed by atoms with Gasteiger partial charge >= 0.3 is 0 Å². The van der Waals surface area contributed by atoms with Crippen LogP contribution in [0.1, 0.15) is 158 Å². The summed E-state index contributed by atoms with van der Waals surface area (Å²) in [6.07, 6.45) is -3.63. The molecular weight excluding hydrogens is 1300 g/mol. The molecule has 11 atom stereocenters. The highest BCUT2D eigenvalue weighted by molar-refractivity contribution is 6.00. The quantitative estimate of drug-likeness (QED) is 0.105. The number of hydrogen-bond donors (Lipinski definition) is 6. The van der Waals surface area contributed by atoms with Crippen LogP contribution in [0, 0.1) is 29.6 Å². The molecule has 0 bridgehead atoms. The van der Waals surface area contributed by atoms with Crippen LogP contribution in [-0.2, 0) is 70.4 Å². The SMILES string of the molecule is CC(C)C[C@@H]1NC(=O)[C@H](Cc2ccccc2)N(C)C(=O)[C@@H](C(C)C)NC(=O)C[C@@H](C(=O)N2CCCCC2)NC(=O)[C@H](C(C)C)N(C)C(=O)[C@H](Cc2ccccc2)N(C)C(=O)[C@H](CCCCC(F)F)NC(=O)[C@H](CC(C)C)N(C)C(=O)CN(C)C(=O)[C@H]([C@@H](C)O)NC(=O)[C@H](CC(C)C)N(C)C1=O. The zero-order chi connectivity index (χ0) is 75.9. The lowest BCUT2D eigenvalue weighted by Crippen LogP contribution is -2.62. The highest BCUT2D eigenvalue weighted by Crippen LogP contribution is 2.24. The summed E-state index contributed by atoms with van der Waals surface area (Å²) in [5.41, 5.74) is 1.22. The first-order chi connectivity index (χ1) is 47.4. The van der Waals surface area contributed by atoms with Crippen LogP contribution in [0.25, 0.3) is 0 Å². The molecule has 2 saturated heterocycles. The van der Waals surface area contributed by atoms with E-state index in [0.717, 1.165) is 26.0 Å². The van der Waals surface area contributed by atoms with Crippen molar-refractivity contribution in [1.29, 1.82) is 0 Å². The first kappa shape index (κ1) is 85.3. The number of aliphatic hydroxyl groups is 1. The maximum Gasteiger partial charge on any atom is 0.248 e. The minimum absolute atomic E-state index is 0.0108. The fourth-order valence-electron chi connectivity index (χ4n) is 13.0. The number of carbonyl (C=O) groups is 12. The third-order valence-corrected chi connectivity index (χ3v) is 18.9. The number of halogens is 2. The number of rotatable bonds is 19. The Hall–Kier alpha value is -8.10. The molecule has 2 fully saturated rings. The van der Waals surface area contributed by atoms with Gasteiger partial charge in [-0.15, -0.1) is 0 Å². The van der Waals surface area contributed by atoms with Crippen molar-refractivity contribution in [2.24, 2.45) is 29.6 Å². The molecule has 2 aromatic rings. The van der Waals surface area contributed by atoms with Gasteiger partial charge in [-0.25, -0.2) is 8.78 Å². The molecular formula is C74H116F2N12O13. The van der Waals surface area contributed by atoms with Gasteiger partial charge in [0.15, 0.2) is 0 Å². The molecule has 2 aromatic carbocycles. The summed E-state index contributed by atoms with van der Waals surface area (Å²) < 4.78 is 27.3. The van der Waals surface area contributed by atoms with Crippen molar-refractivity contribution < 1.29 is 71.4 Å². The number of unbranched alkanes of at least 4 members (excludes halogenated alkanes) is 1. The summed E-state index contributed by atoms with van der Waals surface area (Å²) in [6, 6.07) is 3.42. The second kappa shape index (κ2) is 40.5. The fourth-order valence-corrected chi connectivity index (χ4v) is 13.0. The summed E-state index contributed by atoms with van der Waals surface area (Å²) in [7, 11) is 8.08. The number of carbonyl (C=O) groups excluding carboxylic acids is 12. The smallest absolute Gasteiger partial charge is 0.248 e. The van der Waals surface area contributed by atoms with Gasteiger partial charge in [-0.05, 0) is 99.0 Å². The minimum atomic E-state index is -2.67. The van der Waals surface area contributed by atoms with Crippen LogP contribution >= 0.6 is 0 Å². The number of piperidine rings is 1. The first-order valence-corrected chi connectivity index (χ1v) is 35.8. The van der Waals surface area contributed by atoms with E-state index < -0.39 is 175 Å². The number of amides is 12. The highest BCUT2D eigenvalue weighted by atomic mass is 19.3. The third kappa shape index (κ3) is 25.4. The van der Waals surface area contributed by atoms with Crippen molar-refractivity contribution in [2.45, 2.75) is 233 Å². The number of nitrogens with one attached hydrogen (secondary N) is 5. The van der Waals surface area contributed by atoms with E-state index in [9.17, 15) is 42.7 Å². The van der Waals surface area contributed by atoms with E-state index in [1.807, 2.05) is 27.7 Å². The molecule has 0 aromatic heterocycles. The Morgan fingerprint density at radius 1 is 0.485 bits per heavy atom. The molecule has 0 spiro atoms. The average molecular weight is 1420 g/mol. The van der Waals surface area contributed by atoms with Crippen molar-refractivity contribution in [3.05, 3.63) is 71.8 Å². The largest absolute Gasteiger partial charge is 0.391 e. The normalized spacial score (nSPS) is 24.9. The molecule has 25 nitrogen and oxygen atoms in total. The molecule has 0 radical (unpaired) electrons. The van der Waals surface area contributed by atoms with Crippen LogP contribution in [0.15, 0.2) is 60.7 Å². The predicted octanol–water partition coefficient (Wildman–Crippen LogP) is 4.56. The molecule has 2 aliphatic heterocycles. The van der Waals surface area contributed by atoms with Crippen molar-refractivity contribution in [2.75, 3.05) is 61.9 Å². The molecule has 0 saturated carbocycles. The Morgan fingerprint density at radius 3 is 1.47 bits per heavy atom. The number of benzene rings is 2. The van der Waals surface area contributed by atoms with Crippen molar-refractivity contribution in [3.8, 4) is 0 Å². The van der Waals surface area contributed by atoms with Gasteiger partial charge in [-0.2, -0.15) is 0 Å². The Bertz CT molecular complexity index is 3100. The summed E-state index contributed by atoms with van der Waals surface area (Å²) >= 11 is 0. The van der Waals surface area contributed by atoms with Crippen LogP contribution in [0.4, 0.5) is 8.78 Å². The summed E-state index contributed by atoms with van der Waals surface area (Å²) in [5.74, 6) is -11.4. The standard InChI is InChI=1S/C74H116F2N12O13/c1-44(2)37-53-70(97)84(14)56(39-46(5)6)67(94)81-63(49(11)89)73(100)82(12)43-61(91)83(13)55(38-45(3)4)65(92)77-52(33-25-26-34-59(75)76)69(96)86(16)58(41-51-31-23-19-24-32-51)72(99)87(17)64(48(9)10)68(95)79-54(71(98)88-35-27-20-28-36-88)42-60(90)80-62(47(7)8)74(101)85(15)57(66(93)78-53)40-50-29-21-18-22-30-50/h18-19,21-24,29-32,44-49,52-59,62-64,89H,20,25-28,33-43H2,1-17H3,(H,77,92)(H,78,93)(H,79,95)(H,80,90)(H,81,94)/t49-,52+,53+,54+,55+,56+,57+,58+,62-,63+,64+/m1/s1. The molecule has 101 heavy (non-hydrogen) atoms. The van der Waals surface area contributed by atoms with Crippen molar-refractivity contribution in [1.82, 2.24) is 60.9 Å². The third-order valence-electron chi connectivity index (χ3n) is 18.9. The Morgan fingerprint density at radius 2 is 0.960 bits per heavy atom. The number of likely N-dealkylation sites (N-methyl/N-ethyl adjacent to an activating group) is 6. The van der Waals surface area contributed by atoms with E-state index in [-0.39, 0.29) is 69.1 Å². The van der Waals surface area contributed by atoms with Gasteiger partial charge in [-0.1, -0.05) is 136 Å². The molecule has 27 heteroatoms. The summed E-state index contributed by atoms with van der Waals surface area (Å²) in [5, 5.41) is 25.1. The highest BCUT2D eigenvalue weighted by Gasteiger charge is 2.44. The molecule has 564 valence electrons. The van der Waals surface area contributed by atoms with Gasteiger partial charge in [0.2, 0.25) is 77.3 Å². The van der Waals surface area contributed by atoms with E-state index in [1.54, 1.807) is 107 Å². The molecule has 12 amide bonds. The van der Waals surface area contributed by atoms with E-state index in [0.29, 0.717) is 37.1 Å². The lowest BCUT2D eigenvalue weighted by molar-refractivity contribution is -0.151. The van der Waals surface area contributed by atoms with Crippen LogP contribution in [-0.4, -0.2) is 245 Å². The molecule has 2 aliphatic rings. The first-order valence-electron chi connectivity index (χ1n) is 35.8. The maximum absolute atomic E-state index is 15.5. The number of nitrogens with zero attached hydrogens (tertiary/aromatic N) is 7. The number of likely N-dealkylation sites (tertiary alicyclic amines) is 1. The lowest BCUT2D eigenvalue weighted by Gasteiger charge is -2.38. The van der Waals surface area contributed by atoms with E-state index in [1.165, 1.54) is 59.0 Å². The maximum atomic E-state index is 15.5. The zero-order valence-electron chi connectivity index (χ0n) is 62.6. The number of alkyl halides is 2. The van der Waals surface area contributed by atoms with E-state index in [2.05, 4.69) is 26.6 Å². The topological polar surface area (TPSA) is 308 Å². The average Bonchev–Trinajstić information content (AvgIpc) is 0.890. The number of hydrogen-bond acceptors (Lipinski definition) is 13. The van der Waals surface area contributed by atoms with Crippen LogP contribution in [0.5, 0.6) is 0 Å². The van der Waals surface area contributed by atoms with Gasteiger partial charge in [0.25, 0.3) is 0 Å². The lowest BCUT2D eigenvalue weighted by atomic mass is 9.96. The van der Waals surface area contributed by atoms with Gasteiger partial charge in [0, 0.05) is 74.6 Å². The Kier molecular flexibility index (Phi) is 34.2. The van der Waals surface area contributed by atoms with Gasteiger partial charge < -0.3 is 66.0 Å².